The zero-order valence-corrected chi connectivity index (χ0v) is 16.9. The number of ether oxygens (including phenoxy) is 1. The van der Waals surface area contributed by atoms with Gasteiger partial charge in [0.25, 0.3) is 0 Å². The van der Waals surface area contributed by atoms with Crippen LogP contribution in [0.1, 0.15) is 37.3 Å². The van der Waals surface area contributed by atoms with Crippen LogP contribution in [0.25, 0.3) is 0 Å². The minimum absolute atomic E-state index is 0.284. The number of aryl methyl sites for hydroxylation is 1. The Morgan fingerprint density at radius 3 is 2.37 bits per heavy atom. The van der Waals surface area contributed by atoms with Gasteiger partial charge in [-0.25, -0.2) is 8.42 Å². The van der Waals surface area contributed by atoms with E-state index in [0.717, 1.165) is 30.4 Å². The molecule has 0 bridgehead atoms. The summed E-state index contributed by atoms with van der Waals surface area (Å²) in [5.41, 5.74) is 2.19. The monoisotopic (exact) mass is 384 g/mol. The fraction of sp³-hybridized carbons (Fsp3) is 0.304. The van der Waals surface area contributed by atoms with Crippen molar-refractivity contribution >= 4 is 9.84 Å². The van der Waals surface area contributed by atoms with E-state index in [9.17, 15) is 8.42 Å². The molecule has 0 saturated heterocycles. The van der Waals surface area contributed by atoms with Crippen LogP contribution in [0, 0.1) is 6.92 Å². The minimum atomic E-state index is -3.57. The van der Waals surface area contributed by atoms with E-state index in [-0.39, 0.29) is 4.91 Å². The number of hydrogen-bond donors (Lipinski definition) is 0. The van der Waals surface area contributed by atoms with Crippen molar-refractivity contribution < 1.29 is 13.2 Å². The first-order valence-corrected chi connectivity index (χ1v) is 10.8. The van der Waals surface area contributed by atoms with Crippen LogP contribution in [0.5, 0.6) is 0 Å². The number of benzene rings is 2. The van der Waals surface area contributed by atoms with Crippen molar-refractivity contribution in [1.29, 1.82) is 0 Å². The maximum atomic E-state index is 13.0. The predicted octanol–water partition coefficient (Wildman–Crippen LogP) is 5.62. The molecule has 0 fully saturated rings. The number of allylic oxidation sites excluding steroid dienone is 3. The average Bonchev–Trinajstić information content (AvgIpc) is 2.67. The molecule has 2 rings (SSSR count). The summed E-state index contributed by atoms with van der Waals surface area (Å²) in [5, 5.41) is 0. The molecule has 0 N–H and O–H groups in total. The van der Waals surface area contributed by atoms with Gasteiger partial charge in [0.1, 0.15) is 0 Å². The molecule has 0 unspecified atom stereocenters. The molecule has 0 aliphatic carbocycles. The Morgan fingerprint density at radius 1 is 1.00 bits per heavy atom. The molecule has 0 heterocycles. The molecular formula is C23H28O3S. The zero-order valence-electron chi connectivity index (χ0n) is 16.1. The van der Waals surface area contributed by atoms with Crippen LogP contribution >= 0.6 is 0 Å². The lowest BCUT2D eigenvalue weighted by molar-refractivity contribution is 0.252. The molecule has 27 heavy (non-hydrogen) atoms. The second-order valence-electron chi connectivity index (χ2n) is 6.47. The van der Waals surface area contributed by atoms with Gasteiger partial charge < -0.3 is 4.74 Å². The van der Waals surface area contributed by atoms with Gasteiger partial charge in [0.15, 0.2) is 0 Å². The van der Waals surface area contributed by atoms with Crippen LogP contribution in [0.15, 0.2) is 82.8 Å². The van der Waals surface area contributed by atoms with Crippen molar-refractivity contribution in [3.05, 3.63) is 89.0 Å². The third-order valence-electron chi connectivity index (χ3n) is 4.18. The highest BCUT2D eigenvalue weighted by Gasteiger charge is 2.20. The summed E-state index contributed by atoms with van der Waals surface area (Å²) < 4.78 is 31.6. The van der Waals surface area contributed by atoms with Crippen molar-refractivity contribution in [2.75, 3.05) is 6.61 Å². The summed E-state index contributed by atoms with van der Waals surface area (Å²) in [6, 6.07) is 16.9. The normalized spacial score (nSPS) is 12.4. The van der Waals surface area contributed by atoms with E-state index in [2.05, 4.69) is 6.92 Å². The fourth-order valence-electron chi connectivity index (χ4n) is 2.55. The molecule has 0 aliphatic heterocycles. The first kappa shape index (κ1) is 21.0. The first-order valence-electron chi connectivity index (χ1n) is 9.35. The van der Waals surface area contributed by atoms with Gasteiger partial charge in [0, 0.05) is 12.8 Å². The number of rotatable bonds is 10. The summed E-state index contributed by atoms with van der Waals surface area (Å²) >= 11 is 0. The van der Waals surface area contributed by atoms with Crippen LogP contribution in [-0.2, 0) is 21.0 Å². The Balaban J connectivity index is 2.12. The van der Waals surface area contributed by atoms with Gasteiger partial charge in [-0.05, 0) is 31.0 Å². The lowest BCUT2D eigenvalue weighted by Crippen LogP contribution is -2.06. The molecule has 0 atom stereocenters. The molecule has 3 nitrogen and oxygen atoms in total. The Bertz CT molecular complexity index is 848. The van der Waals surface area contributed by atoms with Crippen molar-refractivity contribution in [2.45, 2.75) is 44.4 Å². The molecule has 0 saturated carbocycles. The van der Waals surface area contributed by atoms with Crippen molar-refractivity contribution in [1.82, 2.24) is 0 Å². The summed E-state index contributed by atoms with van der Waals surface area (Å²) in [6.45, 7) is 4.47. The Labute approximate surface area is 163 Å². The van der Waals surface area contributed by atoms with E-state index in [1.807, 2.05) is 61.5 Å². The van der Waals surface area contributed by atoms with Crippen LogP contribution < -0.4 is 0 Å². The van der Waals surface area contributed by atoms with E-state index in [1.54, 1.807) is 12.1 Å². The Morgan fingerprint density at radius 2 is 1.70 bits per heavy atom. The summed E-state index contributed by atoms with van der Waals surface area (Å²) in [7, 11) is -3.57. The molecule has 0 aromatic heterocycles. The smallest absolute Gasteiger partial charge is 0.206 e. The summed E-state index contributed by atoms with van der Waals surface area (Å²) in [6.07, 6.45) is 8.38. The minimum Gasteiger partial charge on any atom is -0.500 e. The molecule has 0 aliphatic rings. The maximum absolute atomic E-state index is 13.0. The van der Waals surface area contributed by atoms with Crippen LogP contribution in [0.3, 0.4) is 0 Å². The third-order valence-corrected chi connectivity index (χ3v) is 6.03. The molecular weight excluding hydrogens is 356 g/mol. The molecule has 0 amide bonds. The van der Waals surface area contributed by atoms with Gasteiger partial charge in [-0.2, -0.15) is 0 Å². The van der Waals surface area contributed by atoms with Crippen molar-refractivity contribution in [2.24, 2.45) is 0 Å². The molecule has 4 heteroatoms. The number of sulfone groups is 1. The van der Waals surface area contributed by atoms with Crippen molar-refractivity contribution in [3.63, 3.8) is 0 Å². The van der Waals surface area contributed by atoms with E-state index in [0.29, 0.717) is 17.9 Å². The van der Waals surface area contributed by atoms with Gasteiger partial charge >= 0.3 is 0 Å². The number of hydrogen-bond acceptors (Lipinski definition) is 3. The lowest BCUT2D eigenvalue weighted by atomic mass is 10.2. The van der Waals surface area contributed by atoms with E-state index >= 15 is 0 Å². The fourth-order valence-corrected chi connectivity index (χ4v) is 3.85. The number of unbranched alkanes of at least 4 members (excludes halogenated alkanes) is 1. The van der Waals surface area contributed by atoms with E-state index in [4.69, 9.17) is 4.74 Å². The predicted molar refractivity (Wildman–Crippen MR) is 111 cm³/mol. The van der Waals surface area contributed by atoms with Gasteiger partial charge in [0.2, 0.25) is 9.84 Å². The molecule has 0 radical (unpaired) electrons. The summed E-state index contributed by atoms with van der Waals surface area (Å²) in [4.78, 5) is 0.585. The zero-order chi connectivity index (χ0) is 19.5. The van der Waals surface area contributed by atoms with Crippen LogP contribution in [0.2, 0.25) is 0 Å². The molecule has 0 spiro atoms. The maximum Gasteiger partial charge on any atom is 0.206 e. The van der Waals surface area contributed by atoms with Gasteiger partial charge in [-0.3, -0.25) is 0 Å². The topological polar surface area (TPSA) is 43.4 Å². The second kappa shape index (κ2) is 10.7. The Hall–Kier alpha value is -2.33. The van der Waals surface area contributed by atoms with E-state index in [1.165, 1.54) is 6.26 Å². The quantitative estimate of drug-likeness (QED) is 0.303. The average molecular weight is 385 g/mol. The molecule has 2 aromatic rings. The van der Waals surface area contributed by atoms with Gasteiger partial charge in [-0.1, -0.05) is 73.5 Å². The Kier molecular flexibility index (Phi) is 8.34. The SMILES string of the molecule is CCC/C=C/C/C(=C/OCCc1ccccc1)S(=O)(=O)c1ccc(C)cc1. The third kappa shape index (κ3) is 6.72. The molecule has 144 valence electrons. The highest BCUT2D eigenvalue weighted by molar-refractivity contribution is 7.95. The summed E-state index contributed by atoms with van der Waals surface area (Å²) in [5.74, 6) is 0. The van der Waals surface area contributed by atoms with Gasteiger partial charge in [0.05, 0.1) is 22.7 Å². The standard InChI is InChI=1S/C23H28O3S/c1-3-4-5-9-12-23(19-26-18-17-21-10-7-6-8-11-21)27(24,25)22-15-13-20(2)14-16-22/h5-11,13-16,19H,3-4,12,17-18H2,1-2H3/b9-5+,23-19-. The second-order valence-corrected chi connectivity index (χ2v) is 8.47. The van der Waals surface area contributed by atoms with Crippen LogP contribution in [-0.4, -0.2) is 15.0 Å². The lowest BCUT2D eigenvalue weighted by Gasteiger charge is -2.09. The molecule has 2 aromatic carbocycles. The highest BCUT2D eigenvalue weighted by atomic mass is 32.2. The van der Waals surface area contributed by atoms with Crippen molar-refractivity contribution in [3.8, 4) is 0 Å². The largest absolute Gasteiger partial charge is 0.500 e. The highest BCUT2D eigenvalue weighted by Crippen LogP contribution is 2.23. The van der Waals surface area contributed by atoms with Crippen LogP contribution in [0.4, 0.5) is 0 Å². The van der Waals surface area contributed by atoms with E-state index < -0.39 is 9.84 Å². The first-order chi connectivity index (χ1) is 13.0. The van der Waals surface area contributed by atoms with Gasteiger partial charge in [-0.15, -0.1) is 0 Å².